The summed E-state index contributed by atoms with van der Waals surface area (Å²) in [5.74, 6) is -0.833. The third-order valence-electron chi connectivity index (χ3n) is 4.84. The Balaban J connectivity index is 1.70. The van der Waals surface area contributed by atoms with E-state index in [2.05, 4.69) is 10.4 Å². The van der Waals surface area contributed by atoms with Gasteiger partial charge < -0.3 is 10.1 Å². The van der Waals surface area contributed by atoms with E-state index in [9.17, 15) is 22.4 Å². The van der Waals surface area contributed by atoms with Crippen LogP contribution >= 0.6 is 0 Å². The van der Waals surface area contributed by atoms with Crippen molar-refractivity contribution in [3.63, 3.8) is 0 Å². The van der Waals surface area contributed by atoms with Crippen molar-refractivity contribution >= 4 is 11.6 Å². The maximum absolute atomic E-state index is 13.4. The SMILES string of the molecule is COc1cc(F)ccc1NC(=O)c1cnn(-c2cccc(C(F)(F)F)c2)c1C1CC1. The smallest absolute Gasteiger partial charge is 0.416 e. The highest BCUT2D eigenvalue weighted by Crippen LogP contribution is 2.43. The fraction of sp³-hybridized carbons (Fsp3) is 0.238. The summed E-state index contributed by atoms with van der Waals surface area (Å²) in [6, 6.07) is 8.51. The van der Waals surface area contributed by atoms with Crippen LogP contribution in [0.2, 0.25) is 0 Å². The van der Waals surface area contributed by atoms with Gasteiger partial charge in [-0.1, -0.05) is 6.07 Å². The number of carbonyl (C=O) groups is 1. The van der Waals surface area contributed by atoms with E-state index in [0.29, 0.717) is 5.69 Å². The maximum Gasteiger partial charge on any atom is 0.416 e. The van der Waals surface area contributed by atoms with Crippen molar-refractivity contribution in [2.45, 2.75) is 24.9 Å². The van der Waals surface area contributed by atoms with Gasteiger partial charge in [-0.15, -0.1) is 0 Å². The molecule has 0 bridgehead atoms. The van der Waals surface area contributed by atoms with Gasteiger partial charge in [0.05, 0.1) is 41.5 Å². The number of ether oxygens (including phenoxy) is 1. The lowest BCUT2D eigenvalue weighted by molar-refractivity contribution is -0.137. The van der Waals surface area contributed by atoms with Crippen molar-refractivity contribution in [3.8, 4) is 11.4 Å². The molecule has 1 aliphatic carbocycles. The number of nitrogens with zero attached hydrogens (tertiary/aromatic N) is 2. The van der Waals surface area contributed by atoms with Crippen LogP contribution in [0, 0.1) is 5.82 Å². The number of amides is 1. The first-order valence-corrected chi connectivity index (χ1v) is 9.18. The molecule has 3 aromatic rings. The number of methoxy groups -OCH3 is 1. The van der Waals surface area contributed by atoms with Crippen LogP contribution in [0.15, 0.2) is 48.7 Å². The van der Waals surface area contributed by atoms with Gasteiger partial charge >= 0.3 is 6.18 Å². The molecule has 1 amide bonds. The minimum Gasteiger partial charge on any atom is -0.494 e. The first-order valence-electron chi connectivity index (χ1n) is 9.18. The summed E-state index contributed by atoms with van der Waals surface area (Å²) in [6.45, 7) is 0. The summed E-state index contributed by atoms with van der Waals surface area (Å²) in [7, 11) is 1.35. The largest absolute Gasteiger partial charge is 0.494 e. The molecule has 0 radical (unpaired) electrons. The molecule has 1 fully saturated rings. The Bertz CT molecular complexity index is 1100. The molecule has 0 unspecified atom stereocenters. The van der Waals surface area contributed by atoms with Gasteiger partial charge in [0.2, 0.25) is 0 Å². The Morgan fingerprint density at radius 3 is 2.63 bits per heavy atom. The summed E-state index contributed by atoms with van der Waals surface area (Å²) in [5, 5.41) is 6.85. The number of anilines is 1. The molecule has 0 spiro atoms. The second-order valence-electron chi connectivity index (χ2n) is 6.98. The fourth-order valence-corrected chi connectivity index (χ4v) is 3.26. The molecule has 30 heavy (non-hydrogen) atoms. The normalized spacial score (nSPS) is 13.9. The Kier molecular flexibility index (Phi) is 4.97. The number of nitrogens with one attached hydrogen (secondary N) is 1. The van der Waals surface area contributed by atoms with Crippen molar-refractivity contribution < 1.29 is 27.1 Å². The minimum absolute atomic E-state index is 0.0258. The number of hydrogen-bond acceptors (Lipinski definition) is 3. The Morgan fingerprint density at radius 1 is 1.20 bits per heavy atom. The molecule has 0 atom stereocenters. The summed E-state index contributed by atoms with van der Waals surface area (Å²) in [5.41, 5.74) is 0.510. The molecule has 156 valence electrons. The lowest BCUT2D eigenvalue weighted by atomic mass is 10.1. The van der Waals surface area contributed by atoms with Gasteiger partial charge in [-0.25, -0.2) is 9.07 Å². The zero-order chi connectivity index (χ0) is 21.5. The van der Waals surface area contributed by atoms with Crippen LogP contribution in [-0.2, 0) is 6.18 Å². The van der Waals surface area contributed by atoms with Crippen LogP contribution in [0.4, 0.5) is 23.2 Å². The Hall–Kier alpha value is -3.36. The molecule has 1 aromatic heterocycles. The zero-order valence-corrected chi connectivity index (χ0v) is 15.8. The highest BCUT2D eigenvalue weighted by atomic mass is 19.4. The Morgan fingerprint density at radius 2 is 1.97 bits per heavy atom. The van der Waals surface area contributed by atoms with E-state index in [1.807, 2.05) is 0 Å². The molecule has 1 saturated carbocycles. The highest BCUT2D eigenvalue weighted by Gasteiger charge is 2.34. The standard InChI is InChI=1S/C21H17F4N3O2/c1-30-18-10-14(22)7-8-17(18)27-20(29)16-11-26-28(19(16)12-5-6-12)15-4-2-3-13(9-15)21(23,24)25/h2-4,7-12H,5-6H2,1H3,(H,27,29). The van der Waals surface area contributed by atoms with Gasteiger partial charge in [-0.2, -0.15) is 18.3 Å². The molecule has 0 aliphatic heterocycles. The molecule has 1 aliphatic rings. The third-order valence-corrected chi connectivity index (χ3v) is 4.84. The second-order valence-corrected chi connectivity index (χ2v) is 6.98. The van der Waals surface area contributed by atoms with E-state index in [1.165, 1.54) is 42.3 Å². The molecule has 1 heterocycles. The topological polar surface area (TPSA) is 56.1 Å². The van der Waals surface area contributed by atoms with Gasteiger partial charge in [0.1, 0.15) is 11.6 Å². The predicted molar refractivity (Wildman–Crippen MR) is 101 cm³/mol. The molecule has 1 N–H and O–H groups in total. The first-order chi connectivity index (χ1) is 14.3. The van der Waals surface area contributed by atoms with Gasteiger partial charge in [-0.3, -0.25) is 4.79 Å². The van der Waals surface area contributed by atoms with Crippen LogP contribution in [0.1, 0.15) is 40.4 Å². The van der Waals surface area contributed by atoms with E-state index in [-0.39, 0.29) is 28.6 Å². The van der Waals surface area contributed by atoms with Crippen LogP contribution in [0.3, 0.4) is 0 Å². The molecule has 2 aromatic carbocycles. The third kappa shape index (κ3) is 3.87. The highest BCUT2D eigenvalue weighted by molar-refractivity contribution is 6.06. The van der Waals surface area contributed by atoms with Crippen LogP contribution in [0.5, 0.6) is 5.75 Å². The molecule has 0 saturated heterocycles. The fourth-order valence-electron chi connectivity index (χ4n) is 3.26. The minimum atomic E-state index is -4.48. The first kappa shape index (κ1) is 19.9. The van der Waals surface area contributed by atoms with Gasteiger partial charge in [-0.05, 0) is 43.2 Å². The van der Waals surface area contributed by atoms with E-state index < -0.39 is 23.5 Å². The Labute approximate surface area is 169 Å². The summed E-state index contributed by atoms with van der Waals surface area (Å²) in [6.07, 6.45) is -1.53. The van der Waals surface area contributed by atoms with Crippen LogP contribution in [-0.4, -0.2) is 22.8 Å². The number of alkyl halides is 3. The van der Waals surface area contributed by atoms with Crippen LogP contribution < -0.4 is 10.1 Å². The molecular weight excluding hydrogens is 402 g/mol. The van der Waals surface area contributed by atoms with Crippen molar-refractivity contribution in [2.24, 2.45) is 0 Å². The quantitative estimate of drug-likeness (QED) is 0.581. The number of benzene rings is 2. The molecule has 5 nitrogen and oxygen atoms in total. The van der Waals surface area contributed by atoms with Crippen molar-refractivity contribution in [3.05, 3.63) is 71.3 Å². The number of aromatic nitrogens is 2. The van der Waals surface area contributed by atoms with Gasteiger partial charge in [0.25, 0.3) is 5.91 Å². The molecular formula is C21H17F4N3O2. The predicted octanol–water partition coefficient (Wildman–Crippen LogP) is 5.17. The van der Waals surface area contributed by atoms with E-state index >= 15 is 0 Å². The number of rotatable bonds is 5. The van der Waals surface area contributed by atoms with E-state index in [1.54, 1.807) is 0 Å². The molecule has 9 heteroatoms. The number of halogens is 4. The summed E-state index contributed by atoms with van der Waals surface area (Å²) < 4.78 is 59.2. The monoisotopic (exact) mass is 419 g/mol. The van der Waals surface area contributed by atoms with Gasteiger partial charge in [0.15, 0.2) is 0 Å². The molecule has 4 rings (SSSR count). The lowest BCUT2D eigenvalue weighted by Gasteiger charge is -2.13. The van der Waals surface area contributed by atoms with Crippen molar-refractivity contribution in [2.75, 3.05) is 12.4 Å². The van der Waals surface area contributed by atoms with Crippen molar-refractivity contribution in [1.29, 1.82) is 0 Å². The number of carbonyl (C=O) groups excluding carboxylic acids is 1. The zero-order valence-electron chi connectivity index (χ0n) is 15.8. The van der Waals surface area contributed by atoms with E-state index in [0.717, 1.165) is 31.0 Å². The second kappa shape index (κ2) is 7.47. The average Bonchev–Trinajstić information content (AvgIpc) is 3.46. The maximum atomic E-state index is 13.4. The van der Waals surface area contributed by atoms with Crippen molar-refractivity contribution in [1.82, 2.24) is 9.78 Å². The lowest BCUT2D eigenvalue weighted by Crippen LogP contribution is -2.15. The average molecular weight is 419 g/mol. The summed E-state index contributed by atoms with van der Waals surface area (Å²) in [4.78, 5) is 12.9. The van der Waals surface area contributed by atoms with Crippen LogP contribution in [0.25, 0.3) is 5.69 Å². The van der Waals surface area contributed by atoms with E-state index in [4.69, 9.17) is 4.74 Å². The van der Waals surface area contributed by atoms with Gasteiger partial charge in [0, 0.05) is 12.0 Å². The summed E-state index contributed by atoms with van der Waals surface area (Å²) >= 11 is 0. The number of hydrogen-bond donors (Lipinski definition) is 1.